The van der Waals surface area contributed by atoms with E-state index in [1.54, 1.807) is 4.68 Å². The van der Waals surface area contributed by atoms with Gasteiger partial charge in [0, 0.05) is 12.5 Å². The molecule has 3 rings (SSSR count). The molecule has 1 aliphatic heterocycles. The first-order valence-corrected chi connectivity index (χ1v) is 7.33. The zero-order valence-corrected chi connectivity index (χ0v) is 12.1. The number of hydrogen-bond donors (Lipinski definition) is 0. The number of aromatic nitrogens is 5. The van der Waals surface area contributed by atoms with E-state index in [9.17, 15) is 5.26 Å². The molecule has 1 aliphatic rings. The second-order valence-corrected chi connectivity index (χ2v) is 5.91. The zero-order valence-electron chi connectivity index (χ0n) is 11.3. The average molecular weight is 290 g/mol. The van der Waals surface area contributed by atoms with E-state index in [1.165, 1.54) is 11.3 Å². The molecule has 2 aromatic rings. The van der Waals surface area contributed by atoms with Gasteiger partial charge in [0.15, 0.2) is 5.69 Å². The van der Waals surface area contributed by atoms with Gasteiger partial charge in [0.1, 0.15) is 22.9 Å². The van der Waals surface area contributed by atoms with Gasteiger partial charge in [-0.3, -0.25) is 0 Å². The highest BCUT2D eigenvalue weighted by Crippen LogP contribution is 2.32. The van der Waals surface area contributed by atoms with E-state index in [-0.39, 0.29) is 6.10 Å². The fraction of sp³-hybridized carbons (Fsp3) is 0.583. The summed E-state index contributed by atoms with van der Waals surface area (Å²) in [7, 11) is 0. The first-order valence-electron chi connectivity index (χ1n) is 6.51. The van der Waals surface area contributed by atoms with E-state index in [2.05, 4.69) is 40.4 Å². The fourth-order valence-electron chi connectivity index (χ4n) is 2.14. The summed E-state index contributed by atoms with van der Waals surface area (Å²) in [5.74, 6) is 0.311. The van der Waals surface area contributed by atoms with Crippen LogP contribution in [0, 0.1) is 11.3 Å². The quantitative estimate of drug-likeness (QED) is 0.858. The van der Waals surface area contributed by atoms with Crippen LogP contribution in [0.25, 0.3) is 5.13 Å². The molecular formula is C12H14N6OS. The highest BCUT2D eigenvalue weighted by atomic mass is 32.1. The molecule has 1 atom stereocenters. The molecule has 2 aromatic heterocycles. The van der Waals surface area contributed by atoms with Crippen molar-refractivity contribution >= 4 is 11.3 Å². The molecule has 0 aliphatic carbocycles. The summed E-state index contributed by atoms with van der Waals surface area (Å²) < 4.78 is 7.26. The zero-order chi connectivity index (χ0) is 14.1. The van der Waals surface area contributed by atoms with Gasteiger partial charge >= 0.3 is 0 Å². The smallest absolute Gasteiger partial charge is 0.234 e. The van der Waals surface area contributed by atoms with Crippen LogP contribution in [-0.4, -0.2) is 31.8 Å². The number of hydrogen-bond acceptors (Lipinski definition) is 7. The molecule has 0 spiro atoms. The van der Waals surface area contributed by atoms with Crippen LogP contribution in [0.5, 0.6) is 0 Å². The highest BCUT2D eigenvalue weighted by molar-refractivity contribution is 7.13. The van der Waals surface area contributed by atoms with E-state index >= 15 is 0 Å². The van der Waals surface area contributed by atoms with E-state index in [1.807, 2.05) is 0 Å². The lowest BCUT2D eigenvalue weighted by Gasteiger charge is -2.09. The molecule has 1 unspecified atom stereocenters. The minimum atomic E-state index is -0.133. The number of rotatable bonds is 3. The second-order valence-electron chi connectivity index (χ2n) is 4.93. The Balaban J connectivity index is 2.04. The van der Waals surface area contributed by atoms with Crippen LogP contribution in [0.4, 0.5) is 0 Å². The monoisotopic (exact) mass is 290 g/mol. The molecule has 3 heterocycles. The van der Waals surface area contributed by atoms with Gasteiger partial charge in [-0.15, -0.1) is 15.3 Å². The highest BCUT2D eigenvalue weighted by Gasteiger charge is 2.28. The lowest BCUT2D eigenvalue weighted by Crippen LogP contribution is -2.08. The SMILES string of the molecule is CC(C)c1nnc(-n2nnc(C#N)c2C2CCCO2)s1. The number of ether oxygens (including phenoxy) is 1. The predicted molar refractivity (Wildman–Crippen MR) is 71.6 cm³/mol. The van der Waals surface area contributed by atoms with Crippen LogP contribution in [0.3, 0.4) is 0 Å². The van der Waals surface area contributed by atoms with Gasteiger partial charge in [-0.25, -0.2) is 0 Å². The molecule has 7 nitrogen and oxygen atoms in total. The Morgan fingerprint density at radius 3 is 2.85 bits per heavy atom. The average Bonchev–Trinajstić information content (AvgIpc) is 3.17. The summed E-state index contributed by atoms with van der Waals surface area (Å²) in [4.78, 5) is 0. The van der Waals surface area contributed by atoms with E-state index in [4.69, 9.17) is 4.74 Å². The first-order chi connectivity index (χ1) is 9.70. The summed E-state index contributed by atoms with van der Waals surface area (Å²) in [6.07, 6.45) is 1.72. The summed E-state index contributed by atoms with van der Waals surface area (Å²) in [5.41, 5.74) is 0.995. The van der Waals surface area contributed by atoms with Gasteiger partial charge in [0.25, 0.3) is 0 Å². The van der Waals surface area contributed by atoms with E-state index < -0.39 is 0 Å². The van der Waals surface area contributed by atoms with E-state index in [0.29, 0.717) is 29.0 Å². The maximum absolute atomic E-state index is 9.18. The van der Waals surface area contributed by atoms with Crippen LogP contribution in [0.15, 0.2) is 0 Å². The third-order valence-corrected chi connectivity index (χ3v) is 4.35. The molecule has 0 aromatic carbocycles. The Labute approximate surface area is 120 Å². The lowest BCUT2D eigenvalue weighted by atomic mass is 10.1. The van der Waals surface area contributed by atoms with Crippen LogP contribution in [0.1, 0.15) is 55.1 Å². The maximum Gasteiger partial charge on any atom is 0.234 e. The molecular weight excluding hydrogens is 276 g/mol. The fourth-order valence-corrected chi connectivity index (χ4v) is 2.95. The number of nitriles is 1. The molecule has 0 radical (unpaired) electrons. The van der Waals surface area contributed by atoms with Crippen molar-refractivity contribution in [3.05, 3.63) is 16.4 Å². The van der Waals surface area contributed by atoms with Gasteiger partial charge < -0.3 is 4.74 Å². The maximum atomic E-state index is 9.18. The minimum Gasteiger partial charge on any atom is -0.372 e. The largest absolute Gasteiger partial charge is 0.372 e. The molecule has 0 N–H and O–H groups in total. The van der Waals surface area contributed by atoms with Crippen LogP contribution in [-0.2, 0) is 4.74 Å². The third-order valence-electron chi connectivity index (χ3n) is 3.15. The van der Waals surface area contributed by atoms with E-state index in [0.717, 1.165) is 17.8 Å². The van der Waals surface area contributed by atoms with Crippen molar-refractivity contribution in [2.75, 3.05) is 6.61 Å². The van der Waals surface area contributed by atoms with Gasteiger partial charge in [0.05, 0.1) is 0 Å². The van der Waals surface area contributed by atoms with Crippen molar-refractivity contribution in [3.8, 4) is 11.2 Å². The molecule has 8 heteroatoms. The van der Waals surface area contributed by atoms with Crippen molar-refractivity contribution in [1.29, 1.82) is 5.26 Å². The van der Waals surface area contributed by atoms with Crippen LogP contribution >= 0.6 is 11.3 Å². The summed E-state index contributed by atoms with van der Waals surface area (Å²) >= 11 is 1.46. The summed E-state index contributed by atoms with van der Waals surface area (Å²) in [6, 6.07) is 2.07. The first kappa shape index (κ1) is 13.1. The van der Waals surface area contributed by atoms with Crippen LogP contribution < -0.4 is 0 Å². The Morgan fingerprint density at radius 2 is 2.25 bits per heavy atom. The Hall–Kier alpha value is -1.85. The molecule has 1 saturated heterocycles. The van der Waals surface area contributed by atoms with Gasteiger partial charge in [-0.1, -0.05) is 30.4 Å². The normalized spacial score (nSPS) is 18.6. The summed E-state index contributed by atoms with van der Waals surface area (Å²) in [5, 5.41) is 27.0. The molecule has 104 valence electrons. The topological polar surface area (TPSA) is 89.5 Å². The van der Waals surface area contributed by atoms with Gasteiger partial charge in [-0.2, -0.15) is 9.94 Å². The molecule has 0 bridgehead atoms. The van der Waals surface area contributed by atoms with Gasteiger partial charge in [0.2, 0.25) is 5.13 Å². The van der Waals surface area contributed by atoms with Gasteiger partial charge in [-0.05, 0) is 12.8 Å². The van der Waals surface area contributed by atoms with Crippen molar-refractivity contribution in [1.82, 2.24) is 25.2 Å². The minimum absolute atomic E-state index is 0.133. The third kappa shape index (κ3) is 2.19. The molecule has 0 saturated carbocycles. The Morgan fingerprint density at radius 1 is 1.40 bits per heavy atom. The molecule has 0 amide bonds. The van der Waals surface area contributed by atoms with Crippen LogP contribution in [0.2, 0.25) is 0 Å². The van der Waals surface area contributed by atoms with Crippen molar-refractivity contribution in [2.24, 2.45) is 0 Å². The molecule has 1 fully saturated rings. The Kier molecular flexibility index (Phi) is 3.46. The van der Waals surface area contributed by atoms with Crippen molar-refractivity contribution in [3.63, 3.8) is 0 Å². The Bertz CT molecular complexity index is 649. The van der Waals surface area contributed by atoms with Crippen molar-refractivity contribution in [2.45, 2.75) is 38.7 Å². The van der Waals surface area contributed by atoms with Crippen molar-refractivity contribution < 1.29 is 4.74 Å². The number of nitrogens with zero attached hydrogens (tertiary/aromatic N) is 6. The second kappa shape index (κ2) is 5.26. The predicted octanol–water partition coefficient (Wildman–Crippen LogP) is 1.97. The summed E-state index contributed by atoms with van der Waals surface area (Å²) in [6.45, 7) is 4.83. The standard InChI is InChI=1S/C12H14N6OS/c1-7(2)11-15-16-12(20-11)18-10(8(6-13)14-17-18)9-4-3-5-19-9/h7,9H,3-5H2,1-2H3. The molecule has 20 heavy (non-hydrogen) atoms. The lowest BCUT2D eigenvalue weighted by molar-refractivity contribution is 0.106.